The van der Waals surface area contributed by atoms with Crippen LogP contribution >= 0.6 is 24.0 Å². The molecule has 0 bridgehead atoms. The maximum absolute atomic E-state index is 12.2. The fourth-order valence-corrected chi connectivity index (χ4v) is 3.05. The van der Waals surface area contributed by atoms with E-state index >= 15 is 0 Å². The number of urea groups is 1. The second kappa shape index (κ2) is 8.90. The van der Waals surface area contributed by atoms with Crippen LogP contribution in [-0.2, 0) is 6.54 Å². The number of halogens is 2. The molecule has 5 nitrogen and oxygen atoms in total. The molecular weight excluding hydrogens is 349 g/mol. The van der Waals surface area contributed by atoms with Crippen LogP contribution in [0.5, 0.6) is 0 Å². The summed E-state index contributed by atoms with van der Waals surface area (Å²) in [6.45, 7) is 4.34. The van der Waals surface area contributed by atoms with Gasteiger partial charge in [0.05, 0.1) is 6.10 Å². The highest BCUT2D eigenvalue weighted by atomic mass is 35.5. The Bertz CT molecular complexity index is 529. The summed E-state index contributed by atoms with van der Waals surface area (Å²) in [4.78, 5) is 16.3. The SMILES string of the molecule is Cl.O=C(NCc1ccc(Cl)cc1)N1CCN(CC(O)C2CC2)CC1. The van der Waals surface area contributed by atoms with E-state index in [-0.39, 0.29) is 24.5 Å². The number of aliphatic hydroxyl groups is 1. The van der Waals surface area contributed by atoms with Crippen LogP contribution in [0.1, 0.15) is 18.4 Å². The van der Waals surface area contributed by atoms with Crippen molar-refractivity contribution >= 4 is 30.0 Å². The summed E-state index contributed by atoms with van der Waals surface area (Å²) in [5.41, 5.74) is 1.04. The quantitative estimate of drug-likeness (QED) is 0.832. The van der Waals surface area contributed by atoms with Crippen molar-refractivity contribution in [2.75, 3.05) is 32.7 Å². The molecule has 134 valence electrons. The zero-order chi connectivity index (χ0) is 16.2. The summed E-state index contributed by atoms with van der Waals surface area (Å²) in [7, 11) is 0. The lowest BCUT2D eigenvalue weighted by molar-refractivity contribution is 0.0696. The lowest BCUT2D eigenvalue weighted by Crippen LogP contribution is -2.53. The summed E-state index contributed by atoms with van der Waals surface area (Å²) < 4.78 is 0. The molecule has 24 heavy (non-hydrogen) atoms. The predicted molar refractivity (Wildman–Crippen MR) is 97.7 cm³/mol. The second-order valence-electron chi connectivity index (χ2n) is 6.48. The average Bonchev–Trinajstić information content (AvgIpc) is 3.40. The molecule has 3 rings (SSSR count). The normalized spacial score (nSPS) is 19.5. The van der Waals surface area contributed by atoms with E-state index in [4.69, 9.17) is 11.6 Å². The highest BCUT2D eigenvalue weighted by molar-refractivity contribution is 6.30. The predicted octanol–water partition coefficient (Wildman–Crippen LogP) is 2.36. The van der Waals surface area contributed by atoms with Gasteiger partial charge in [-0.25, -0.2) is 4.79 Å². The summed E-state index contributed by atoms with van der Waals surface area (Å²) in [6, 6.07) is 7.46. The first-order chi connectivity index (χ1) is 11.1. The van der Waals surface area contributed by atoms with Gasteiger partial charge in [-0.1, -0.05) is 23.7 Å². The van der Waals surface area contributed by atoms with Crippen molar-refractivity contribution in [3.05, 3.63) is 34.9 Å². The van der Waals surface area contributed by atoms with Crippen molar-refractivity contribution in [1.82, 2.24) is 15.1 Å². The molecule has 1 saturated carbocycles. The molecule has 1 atom stereocenters. The standard InChI is InChI=1S/C17H24ClN3O2.ClH/c18-15-5-1-13(2-6-15)11-19-17(23)21-9-7-20(8-10-21)12-16(22)14-3-4-14;/h1-2,5-6,14,16,22H,3-4,7-12H2,(H,19,23);1H. The Morgan fingerprint density at radius 2 is 1.83 bits per heavy atom. The van der Waals surface area contributed by atoms with Gasteiger partial charge in [-0.15, -0.1) is 12.4 Å². The lowest BCUT2D eigenvalue weighted by atomic mass is 10.2. The van der Waals surface area contributed by atoms with Crippen LogP contribution in [0.4, 0.5) is 4.79 Å². The first-order valence-corrected chi connectivity index (χ1v) is 8.67. The van der Waals surface area contributed by atoms with Gasteiger partial charge in [0.15, 0.2) is 0 Å². The highest BCUT2D eigenvalue weighted by Crippen LogP contribution is 2.32. The van der Waals surface area contributed by atoms with E-state index in [9.17, 15) is 9.90 Å². The molecule has 7 heteroatoms. The summed E-state index contributed by atoms with van der Waals surface area (Å²) in [5.74, 6) is 0.510. The molecule has 2 N–H and O–H groups in total. The van der Waals surface area contributed by atoms with Gasteiger partial charge in [0, 0.05) is 44.3 Å². The Hall–Kier alpha value is -1.01. The number of carbonyl (C=O) groups is 1. The minimum Gasteiger partial charge on any atom is -0.392 e. The maximum Gasteiger partial charge on any atom is 0.317 e. The van der Waals surface area contributed by atoms with Crippen molar-refractivity contribution < 1.29 is 9.90 Å². The van der Waals surface area contributed by atoms with Crippen molar-refractivity contribution in [3.8, 4) is 0 Å². The van der Waals surface area contributed by atoms with Gasteiger partial charge in [-0.3, -0.25) is 4.90 Å². The van der Waals surface area contributed by atoms with Gasteiger partial charge < -0.3 is 15.3 Å². The summed E-state index contributed by atoms with van der Waals surface area (Å²) in [6.07, 6.45) is 2.13. The largest absolute Gasteiger partial charge is 0.392 e. The van der Waals surface area contributed by atoms with Crippen LogP contribution in [0, 0.1) is 5.92 Å². The van der Waals surface area contributed by atoms with Gasteiger partial charge in [0.1, 0.15) is 0 Å². The molecule has 2 fully saturated rings. The monoisotopic (exact) mass is 373 g/mol. The van der Waals surface area contributed by atoms with Crippen molar-refractivity contribution in [1.29, 1.82) is 0 Å². The number of benzene rings is 1. The number of nitrogens with one attached hydrogen (secondary N) is 1. The minimum absolute atomic E-state index is 0. The molecule has 1 aliphatic heterocycles. The Labute approximate surface area is 154 Å². The third-order valence-corrected chi connectivity index (χ3v) is 4.88. The van der Waals surface area contributed by atoms with Crippen molar-refractivity contribution in [2.45, 2.75) is 25.5 Å². The molecule has 1 heterocycles. The van der Waals surface area contributed by atoms with Gasteiger partial charge in [0.25, 0.3) is 0 Å². The van der Waals surface area contributed by atoms with Gasteiger partial charge in [0.2, 0.25) is 0 Å². The number of amides is 2. The van der Waals surface area contributed by atoms with Crippen LogP contribution in [0.15, 0.2) is 24.3 Å². The summed E-state index contributed by atoms with van der Waals surface area (Å²) >= 11 is 5.85. The topological polar surface area (TPSA) is 55.8 Å². The Morgan fingerprint density at radius 1 is 1.21 bits per heavy atom. The van der Waals surface area contributed by atoms with E-state index in [1.165, 1.54) is 0 Å². The first-order valence-electron chi connectivity index (χ1n) is 8.29. The maximum atomic E-state index is 12.2. The Balaban J connectivity index is 0.00000208. The molecule has 1 aromatic carbocycles. The fourth-order valence-electron chi connectivity index (χ4n) is 2.92. The molecule has 1 saturated heterocycles. The first kappa shape index (κ1) is 19.3. The van der Waals surface area contributed by atoms with Gasteiger partial charge in [-0.2, -0.15) is 0 Å². The number of hydrogen-bond donors (Lipinski definition) is 2. The zero-order valence-corrected chi connectivity index (χ0v) is 15.2. The Kier molecular flexibility index (Phi) is 7.16. The third-order valence-electron chi connectivity index (χ3n) is 4.63. The number of piperazine rings is 1. The molecule has 1 aromatic rings. The van der Waals surface area contributed by atoms with Crippen LogP contribution in [0.25, 0.3) is 0 Å². The molecule has 2 aliphatic rings. The lowest BCUT2D eigenvalue weighted by Gasteiger charge is -2.35. The highest BCUT2D eigenvalue weighted by Gasteiger charge is 2.32. The smallest absolute Gasteiger partial charge is 0.317 e. The van der Waals surface area contributed by atoms with Crippen LogP contribution in [0.3, 0.4) is 0 Å². The molecule has 1 aliphatic carbocycles. The van der Waals surface area contributed by atoms with Gasteiger partial charge >= 0.3 is 6.03 Å². The Morgan fingerprint density at radius 3 is 2.42 bits per heavy atom. The molecule has 0 aromatic heterocycles. The number of rotatable bonds is 5. The number of carbonyl (C=O) groups excluding carboxylic acids is 1. The second-order valence-corrected chi connectivity index (χ2v) is 6.91. The molecule has 1 unspecified atom stereocenters. The fraction of sp³-hybridized carbons (Fsp3) is 0.588. The van der Waals surface area contributed by atoms with Gasteiger partial charge in [-0.05, 0) is 36.5 Å². The number of β-amino-alcohol motifs (C(OH)–C–C–N with tert-alkyl or cyclic N) is 1. The molecule has 2 amide bonds. The van der Waals surface area contributed by atoms with Crippen LogP contribution < -0.4 is 5.32 Å². The van der Waals surface area contributed by atoms with E-state index in [0.29, 0.717) is 30.6 Å². The number of hydrogen-bond acceptors (Lipinski definition) is 3. The number of nitrogens with zero attached hydrogens (tertiary/aromatic N) is 2. The third kappa shape index (κ3) is 5.52. The van der Waals surface area contributed by atoms with Crippen LogP contribution in [0.2, 0.25) is 5.02 Å². The minimum atomic E-state index is -0.194. The molecule has 0 spiro atoms. The van der Waals surface area contributed by atoms with Crippen molar-refractivity contribution in [2.24, 2.45) is 5.92 Å². The average molecular weight is 374 g/mol. The van der Waals surface area contributed by atoms with E-state index in [1.807, 2.05) is 29.2 Å². The van der Waals surface area contributed by atoms with E-state index < -0.39 is 0 Å². The van der Waals surface area contributed by atoms with Crippen LogP contribution in [-0.4, -0.2) is 59.8 Å². The van der Waals surface area contributed by atoms with E-state index in [1.54, 1.807) is 0 Å². The molecular formula is C17H25Cl2N3O2. The zero-order valence-electron chi connectivity index (χ0n) is 13.7. The summed E-state index contributed by atoms with van der Waals surface area (Å²) in [5, 5.41) is 13.6. The number of aliphatic hydroxyl groups excluding tert-OH is 1. The molecule has 0 radical (unpaired) electrons. The van der Waals surface area contributed by atoms with Crippen molar-refractivity contribution in [3.63, 3.8) is 0 Å². The van der Waals surface area contributed by atoms with E-state index in [2.05, 4.69) is 10.2 Å². The van der Waals surface area contributed by atoms with E-state index in [0.717, 1.165) is 38.0 Å².